The highest BCUT2D eigenvalue weighted by molar-refractivity contribution is 7.11. The first-order valence-electron chi connectivity index (χ1n) is 6.46. The molecular formula is C14H24N2S. The summed E-state index contributed by atoms with van der Waals surface area (Å²) in [7, 11) is 0. The van der Waals surface area contributed by atoms with Crippen molar-refractivity contribution < 1.29 is 0 Å². The number of aromatic nitrogens is 1. The number of nitrogens with zero attached hydrogens (tertiary/aromatic N) is 1. The van der Waals surface area contributed by atoms with Crippen molar-refractivity contribution >= 4 is 11.3 Å². The first-order valence-corrected chi connectivity index (χ1v) is 7.27. The number of thiazole rings is 1. The minimum absolute atomic E-state index is 0.292. The van der Waals surface area contributed by atoms with E-state index in [0.717, 1.165) is 17.3 Å². The molecule has 0 fully saturated rings. The Bertz CT molecular complexity index is 407. The maximum Gasteiger partial charge on any atom is 0.112 e. The lowest BCUT2D eigenvalue weighted by Gasteiger charge is -2.33. The molecule has 0 bridgehead atoms. The van der Waals surface area contributed by atoms with E-state index in [1.165, 1.54) is 23.4 Å². The summed E-state index contributed by atoms with van der Waals surface area (Å²) in [6, 6.07) is 0. The van der Waals surface area contributed by atoms with Gasteiger partial charge in [0.15, 0.2) is 0 Å². The molecule has 1 aliphatic carbocycles. The van der Waals surface area contributed by atoms with Crippen molar-refractivity contribution in [2.45, 2.75) is 59.4 Å². The van der Waals surface area contributed by atoms with Gasteiger partial charge in [0.2, 0.25) is 0 Å². The van der Waals surface area contributed by atoms with E-state index < -0.39 is 0 Å². The third-order valence-corrected chi connectivity index (χ3v) is 5.18. The maximum absolute atomic E-state index is 6.14. The van der Waals surface area contributed by atoms with Gasteiger partial charge in [-0.15, -0.1) is 11.3 Å². The Morgan fingerprint density at radius 1 is 1.24 bits per heavy atom. The van der Waals surface area contributed by atoms with Crippen LogP contribution < -0.4 is 5.73 Å². The highest BCUT2D eigenvalue weighted by atomic mass is 32.1. The van der Waals surface area contributed by atoms with Gasteiger partial charge < -0.3 is 5.73 Å². The molecule has 1 heterocycles. The first-order chi connectivity index (χ1) is 7.68. The smallest absolute Gasteiger partial charge is 0.112 e. The van der Waals surface area contributed by atoms with Crippen molar-refractivity contribution in [1.29, 1.82) is 0 Å². The molecule has 1 atom stereocenters. The van der Waals surface area contributed by atoms with E-state index in [2.05, 4.69) is 20.8 Å². The molecule has 1 aliphatic rings. The molecule has 0 aromatic carbocycles. The molecule has 0 radical (unpaired) electrons. The van der Waals surface area contributed by atoms with Gasteiger partial charge in [0.25, 0.3) is 0 Å². The van der Waals surface area contributed by atoms with E-state index in [4.69, 9.17) is 10.7 Å². The van der Waals surface area contributed by atoms with Gasteiger partial charge in [-0.1, -0.05) is 20.8 Å². The minimum Gasteiger partial charge on any atom is -0.320 e. The van der Waals surface area contributed by atoms with Crippen LogP contribution in [0.5, 0.6) is 0 Å². The largest absolute Gasteiger partial charge is 0.320 e. The lowest BCUT2D eigenvalue weighted by atomic mass is 9.73. The highest BCUT2D eigenvalue weighted by Crippen LogP contribution is 2.40. The monoisotopic (exact) mass is 252 g/mol. The fraction of sp³-hybridized carbons (Fsp3) is 0.786. The van der Waals surface area contributed by atoms with E-state index in [1.807, 2.05) is 25.2 Å². The molecule has 0 spiro atoms. The Labute approximate surface area is 109 Å². The Balaban J connectivity index is 2.25. The van der Waals surface area contributed by atoms with Crippen LogP contribution in [0.4, 0.5) is 0 Å². The summed E-state index contributed by atoms with van der Waals surface area (Å²) in [4.78, 5) is 6.21. The molecule has 0 amide bonds. The quantitative estimate of drug-likeness (QED) is 0.831. The lowest BCUT2D eigenvalue weighted by molar-refractivity contribution is 0.217. The van der Waals surface area contributed by atoms with Crippen LogP contribution >= 0.6 is 11.3 Å². The highest BCUT2D eigenvalue weighted by Gasteiger charge is 2.32. The molecule has 2 N–H and O–H groups in total. The van der Waals surface area contributed by atoms with Crippen molar-refractivity contribution in [3.8, 4) is 0 Å². The van der Waals surface area contributed by atoms with Gasteiger partial charge in [0.1, 0.15) is 5.01 Å². The van der Waals surface area contributed by atoms with Gasteiger partial charge in [-0.25, -0.2) is 4.98 Å². The van der Waals surface area contributed by atoms with Crippen LogP contribution in [0.15, 0.2) is 0 Å². The first kappa shape index (κ1) is 13.0. The van der Waals surface area contributed by atoms with Crippen molar-refractivity contribution in [1.82, 2.24) is 4.98 Å². The van der Waals surface area contributed by atoms with E-state index in [-0.39, 0.29) is 5.54 Å². The molecule has 1 unspecified atom stereocenters. The topological polar surface area (TPSA) is 38.9 Å². The van der Waals surface area contributed by atoms with Gasteiger partial charge >= 0.3 is 0 Å². The summed E-state index contributed by atoms with van der Waals surface area (Å²) < 4.78 is 0. The van der Waals surface area contributed by atoms with E-state index in [9.17, 15) is 0 Å². The predicted octanol–water partition coefficient (Wildman–Crippen LogP) is 3.49. The molecule has 3 heteroatoms. The molecule has 0 aliphatic heterocycles. The second-order valence-electron chi connectivity index (χ2n) is 6.92. The number of hydrogen-bond donors (Lipinski definition) is 1. The molecule has 0 saturated heterocycles. The summed E-state index contributed by atoms with van der Waals surface area (Å²) in [6.45, 7) is 11.1. The van der Waals surface area contributed by atoms with Gasteiger partial charge in [-0.2, -0.15) is 0 Å². The van der Waals surface area contributed by atoms with Crippen LogP contribution in [-0.2, 0) is 18.4 Å². The summed E-state index contributed by atoms with van der Waals surface area (Å²) in [5.74, 6) is 0.782. The predicted molar refractivity (Wildman–Crippen MR) is 74.3 cm³/mol. The second kappa shape index (κ2) is 4.06. The van der Waals surface area contributed by atoms with Crippen LogP contribution in [0, 0.1) is 11.3 Å². The summed E-state index contributed by atoms with van der Waals surface area (Å²) >= 11 is 1.83. The molecule has 96 valence electrons. The Morgan fingerprint density at radius 3 is 2.41 bits per heavy atom. The molecule has 1 aromatic rings. The average Bonchev–Trinajstić information content (AvgIpc) is 2.57. The number of fused-ring (bicyclic) bond motifs is 1. The van der Waals surface area contributed by atoms with Gasteiger partial charge in [-0.05, 0) is 44.4 Å². The molecule has 1 aromatic heterocycles. The minimum atomic E-state index is -0.292. The zero-order valence-electron chi connectivity index (χ0n) is 11.6. The fourth-order valence-corrected chi connectivity index (χ4v) is 3.59. The molecule has 2 nitrogen and oxygen atoms in total. The van der Waals surface area contributed by atoms with Gasteiger partial charge in [0.05, 0.1) is 11.2 Å². The van der Waals surface area contributed by atoms with Crippen LogP contribution in [0.2, 0.25) is 0 Å². The van der Waals surface area contributed by atoms with Crippen molar-refractivity contribution in [2.24, 2.45) is 17.1 Å². The summed E-state index contributed by atoms with van der Waals surface area (Å²) in [6.07, 6.45) is 3.58. The van der Waals surface area contributed by atoms with Crippen molar-refractivity contribution in [2.75, 3.05) is 0 Å². The lowest BCUT2D eigenvalue weighted by Crippen LogP contribution is -2.28. The third kappa shape index (κ3) is 2.71. The number of rotatable bonds is 1. The number of hydrogen-bond acceptors (Lipinski definition) is 3. The van der Waals surface area contributed by atoms with E-state index in [1.54, 1.807) is 0 Å². The summed E-state index contributed by atoms with van der Waals surface area (Å²) in [5.41, 5.74) is 7.56. The second-order valence-corrected chi connectivity index (χ2v) is 8.00. The Hall–Kier alpha value is -0.410. The average molecular weight is 252 g/mol. The number of nitrogens with two attached hydrogens (primary N) is 1. The SMILES string of the molecule is CC(C)(N)c1nc2c(s1)CC(C(C)(C)C)CC2. The maximum atomic E-state index is 6.14. The Morgan fingerprint density at radius 2 is 1.88 bits per heavy atom. The Kier molecular flexibility index (Phi) is 3.11. The fourth-order valence-electron chi connectivity index (χ4n) is 2.39. The van der Waals surface area contributed by atoms with Crippen molar-refractivity contribution in [3.63, 3.8) is 0 Å². The van der Waals surface area contributed by atoms with Gasteiger partial charge in [-0.3, -0.25) is 0 Å². The van der Waals surface area contributed by atoms with E-state index >= 15 is 0 Å². The zero-order chi connectivity index (χ0) is 12.8. The number of aryl methyl sites for hydroxylation is 1. The van der Waals surface area contributed by atoms with Crippen LogP contribution in [0.25, 0.3) is 0 Å². The third-order valence-electron chi connectivity index (χ3n) is 3.72. The molecule has 0 saturated carbocycles. The molecular weight excluding hydrogens is 228 g/mol. The van der Waals surface area contributed by atoms with Crippen LogP contribution in [0.1, 0.15) is 56.6 Å². The van der Waals surface area contributed by atoms with Crippen molar-refractivity contribution in [3.05, 3.63) is 15.6 Å². The normalized spacial score (nSPS) is 21.4. The standard InChI is InChI=1S/C14H24N2S/c1-13(2,3)9-6-7-10-11(8-9)17-12(16-10)14(4,5)15/h9H,6-8,15H2,1-5H3. The van der Waals surface area contributed by atoms with E-state index in [0.29, 0.717) is 5.41 Å². The zero-order valence-corrected chi connectivity index (χ0v) is 12.4. The van der Waals surface area contributed by atoms with Gasteiger partial charge in [0, 0.05) is 4.88 Å². The van der Waals surface area contributed by atoms with Crippen LogP contribution in [-0.4, -0.2) is 4.98 Å². The summed E-state index contributed by atoms with van der Waals surface area (Å²) in [5, 5.41) is 1.09. The van der Waals surface area contributed by atoms with Crippen LogP contribution in [0.3, 0.4) is 0 Å². The molecule has 17 heavy (non-hydrogen) atoms. The molecule has 2 rings (SSSR count).